The molecule has 8 rings (SSSR count). The number of anilines is 2. The number of phenolic OH excluding ortho intramolecular Hbond substituents is 2. The van der Waals surface area contributed by atoms with Gasteiger partial charge in [0.05, 0.1) is 35.3 Å². The van der Waals surface area contributed by atoms with Crippen LogP contribution in [-0.2, 0) is 0 Å². The van der Waals surface area contributed by atoms with Gasteiger partial charge in [-0.25, -0.2) is 9.97 Å². The van der Waals surface area contributed by atoms with Gasteiger partial charge in [0.2, 0.25) is 0 Å². The number of carbonyl (C=O) groups is 1. The molecular formula is C44H34Cl6N6O5. The zero-order valence-corrected chi connectivity index (χ0v) is 36.6. The SMILES string of the molecule is COc1cc(Cl)cnc1N.COc1cc(Cl)cnc1NC(c1cc(Cl)ccc1Cl)c1ccc2cccnc2c1O.O=Cc1cc(Cl)ccc1Cl.Oc1cccc2cccnc12. The lowest BCUT2D eigenvalue weighted by atomic mass is 9.96. The van der Waals surface area contributed by atoms with E-state index >= 15 is 0 Å². The number of phenols is 2. The Labute approximate surface area is 380 Å². The van der Waals surface area contributed by atoms with E-state index in [0.717, 1.165) is 10.8 Å². The molecule has 0 spiro atoms. The molecule has 17 heteroatoms. The predicted octanol–water partition coefficient (Wildman–Crippen LogP) is 12.6. The van der Waals surface area contributed by atoms with Crippen LogP contribution in [0.25, 0.3) is 21.8 Å². The van der Waals surface area contributed by atoms with E-state index in [0.29, 0.717) is 87.3 Å². The number of aromatic nitrogens is 4. The Morgan fingerprint density at radius 3 is 1.84 bits per heavy atom. The third-order valence-corrected chi connectivity index (χ3v) is 10.0. The molecule has 0 bridgehead atoms. The first kappa shape index (κ1) is 46.3. The number of carbonyl (C=O) groups excluding carboxylic acids is 1. The second kappa shape index (κ2) is 22.2. The molecule has 0 saturated heterocycles. The van der Waals surface area contributed by atoms with Gasteiger partial charge in [0.1, 0.15) is 22.5 Å². The van der Waals surface area contributed by atoms with Gasteiger partial charge >= 0.3 is 0 Å². The minimum Gasteiger partial charge on any atom is -0.506 e. The van der Waals surface area contributed by atoms with E-state index in [2.05, 4.69) is 25.3 Å². The highest BCUT2D eigenvalue weighted by atomic mass is 35.5. The summed E-state index contributed by atoms with van der Waals surface area (Å²) in [6, 6.07) is 29.1. The fraction of sp³-hybridized carbons (Fsp3) is 0.0682. The summed E-state index contributed by atoms with van der Waals surface area (Å²) in [6.45, 7) is 0. The maximum Gasteiger partial charge on any atom is 0.169 e. The van der Waals surface area contributed by atoms with Crippen LogP contribution in [0.2, 0.25) is 30.1 Å². The highest BCUT2D eigenvalue weighted by molar-refractivity contribution is 6.35. The number of hydrogen-bond acceptors (Lipinski definition) is 11. The van der Waals surface area contributed by atoms with Gasteiger partial charge < -0.3 is 30.7 Å². The molecule has 0 aliphatic carbocycles. The number of benzene rings is 4. The summed E-state index contributed by atoms with van der Waals surface area (Å²) in [6.07, 6.45) is 6.95. The van der Waals surface area contributed by atoms with Crippen LogP contribution in [0.1, 0.15) is 27.5 Å². The molecule has 5 N–H and O–H groups in total. The van der Waals surface area contributed by atoms with Crippen LogP contribution in [0.3, 0.4) is 0 Å². The first-order chi connectivity index (χ1) is 29.3. The number of aromatic hydroxyl groups is 2. The van der Waals surface area contributed by atoms with Crippen molar-refractivity contribution in [3.63, 3.8) is 0 Å². The van der Waals surface area contributed by atoms with Crippen LogP contribution in [0.5, 0.6) is 23.0 Å². The summed E-state index contributed by atoms with van der Waals surface area (Å²) in [5.41, 5.74) is 8.19. The van der Waals surface area contributed by atoms with Crippen LogP contribution in [0.4, 0.5) is 11.6 Å². The number of nitrogen functional groups attached to an aromatic ring is 1. The van der Waals surface area contributed by atoms with Gasteiger partial charge in [0.25, 0.3) is 0 Å². The van der Waals surface area contributed by atoms with Crippen molar-refractivity contribution in [2.24, 2.45) is 0 Å². The van der Waals surface area contributed by atoms with Gasteiger partial charge in [-0.05, 0) is 60.2 Å². The number of ether oxygens (including phenoxy) is 2. The highest BCUT2D eigenvalue weighted by Crippen LogP contribution is 2.41. The summed E-state index contributed by atoms with van der Waals surface area (Å²) in [4.78, 5) is 26.7. The van der Waals surface area contributed by atoms with Crippen molar-refractivity contribution < 1.29 is 24.5 Å². The number of nitrogens with zero attached hydrogens (tertiary/aromatic N) is 4. The molecule has 312 valence electrons. The number of rotatable bonds is 7. The van der Waals surface area contributed by atoms with E-state index < -0.39 is 6.04 Å². The van der Waals surface area contributed by atoms with E-state index in [-0.39, 0.29) is 11.5 Å². The van der Waals surface area contributed by atoms with Gasteiger partial charge in [-0.1, -0.05) is 106 Å². The minimum atomic E-state index is -0.592. The van der Waals surface area contributed by atoms with Gasteiger partial charge in [-0.15, -0.1) is 0 Å². The molecule has 0 fully saturated rings. The molecule has 0 aliphatic heterocycles. The molecule has 4 aromatic heterocycles. The molecule has 1 atom stereocenters. The van der Waals surface area contributed by atoms with E-state index in [1.54, 1.807) is 67.0 Å². The molecule has 0 radical (unpaired) electrons. The lowest BCUT2D eigenvalue weighted by Gasteiger charge is -2.24. The van der Waals surface area contributed by atoms with Gasteiger partial charge in [-0.2, -0.15) is 0 Å². The monoisotopic (exact) mass is 936 g/mol. The van der Waals surface area contributed by atoms with Crippen molar-refractivity contribution in [3.8, 4) is 23.0 Å². The summed E-state index contributed by atoms with van der Waals surface area (Å²) < 4.78 is 10.3. The Morgan fingerprint density at radius 1 is 0.623 bits per heavy atom. The quantitative estimate of drug-likeness (QED) is 0.112. The Balaban J connectivity index is 0.000000184. The number of halogens is 6. The molecule has 11 nitrogen and oxygen atoms in total. The Bertz CT molecular complexity index is 2780. The van der Waals surface area contributed by atoms with Gasteiger partial charge in [0.15, 0.2) is 29.4 Å². The Hall–Kier alpha value is -5.79. The summed E-state index contributed by atoms with van der Waals surface area (Å²) >= 11 is 35.6. The average molecular weight is 940 g/mol. The van der Waals surface area contributed by atoms with E-state index in [4.69, 9.17) is 84.8 Å². The summed E-state index contributed by atoms with van der Waals surface area (Å²) in [7, 11) is 3.04. The maximum atomic E-state index is 11.0. The van der Waals surface area contributed by atoms with Crippen molar-refractivity contribution in [3.05, 3.63) is 175 Å². The molecule has 0 amide bonds. The fourth-order valence-electron chi connectivity index (χ4n) is 5.55. The topological polar surface area (TPSA) is 166 Å². The second-order valence-corrected chi connectivity index (χ2v) is 15.0. The van der Waals surface area contributed by atoms with E-state index in [1.807, 2.05) is 42.5 Å². The van der Waals surface area contributed by atoms with Crippen LogP contribution < -0.4 is 20.5 Å². The molecule has 0 saturated carbocycles. The van der Waals surface area contributed by atoms with Crippen molar-refractivity contribution in [1.29, 1.82) is 0 Å². The van der Waals surface area contributed by atoms with Gasteiger partial charge in [-0.3, -0.25) is 14.8 Å². The van der Waals surface area contributed by atoms with Crippen molar-refractivity contribution >= 4 is 109 Å². The van der Waals surface area contributed by atoms with Crippen molar-refractivity contribution in [1.82, 2.24) is 19.9 Å². The lowest BCUT2D eigenvalue weighted by Crippen LogP contribution is -2.15. The molecule has 1 unspecified atom stereocenters. The van der Waals surface area contributed by atoms with E-state index in [9.17, 15) is 15.0 Å². The summed E-state index contributed by atoms with van der Waals surface area (Å²) in [5, 5.41) is 28.3. The highest BCUT2D eigenvalue weighted by Gasteiger charge is 2.24. The average Bonchev–Trinajstić information content (AvgIpc) is 3.27. The smallest absolute Gasteiger partial charge is 0.169 e. The molecule has 8 aromatic rings. The van der Waals surface area contributed by atoms with Crippen LogP contribution >= 0.6 is 69.6 Å². The zero-order chi connectivity index (χ0) is 44.1. The lowest BCUT2D eigenvalue weighted by molar-refractivity contribution is 0.112. The number of aldehydes is 1. The normalized spacial score (nSPS) is 10.8. The first-order valence-electron chi connectivity index (χ1n) is 17.7. The minimum absolute atomic E-state index is 0.0366. The number of methoxy groups -OCH3 is 2. The number of nitrogens with two attached hydrogens (primary N) is 1. The van der Waals surface area contributed by atoms with Crippen LogP contribution in [0, 0.1) is 0 Å². The van der Waals surface area contributed by atoms with Crippen molar-refractivity contribution in [2.75, 3.05) is 25.3 Å². The number of fused-ring (bicyclic) bond motifs is 2. The molecule has 4 aromatic carbocycles. The number of hydrogen-bond donors (Lipinski definition) is 4. The first-order valence-corrected chi connectivity index (χ1v) is 20.0. The van der Waals surface area contributed by atoms with Crippen LogP contribution in [-0.4, -0.2) is 50.7 Å². The fourth-order valence-corrected chi connectivity index (χ4v) is 6.59. The maximum absolute atomic E-state index is 11.0. The Kier molecular flexibility index (Phi) is 16.8. The number of nitrogens with one attached hydrogen (secondary N) is 1. The van der Waals surface area contributed by atoms with Crippen LogP contribution in [0.15, 0.2) is 128 Å². The molecule has 61 heavy (non-hydrogen) atoms. The predicted molar refractivity (Wildman–Crippen MR) is 247 cm³/mol. The second-order valence-electron chi connectivity index (χ2n) is 12.4. The zero-order valence-electron chi connectivity index (χ0n) is 32.0. The van der Waals surface area contributed by atoms with Crippen molar-refractivity contribution in [2.45, 2.75) is 6.04 Å². The van der Waals surface area contributed by atoms with Gasteiger partial charge in [0, 0.05) is 73.9 Å². The number of para-hydroxylation sites is 1. The largest absolute Gasteiger partial charge is 0.506 e. The molecule has 4 heterocycles. The Morgan fingerprint density at radius 2 is 1.21 bits per heavy atom. The molecular weight excluding hydrogens is 905 g/mol. The number of pyridine rings is 4. The third-order valence-electron chi connectivity index (χ3n) is 8.44. The summed E-state index contributed by atoms with van der Waals surface area (Å²) in [5.74, 6) is 2.02. The van der Waals surface area contributed by atoms with E-state index in [1.165, 1.54) is 32.7 Å². The third kappa shape index (κ3) is 12.4. The molecule has 0 aliphatic rings. The standard InChI is InChI=1S/C22H16Cl3N3O2.C9H7NO.C7H4Cl2O.C6H7ClN2O/c1-30-18-10-14(24)11-27-22(18)28-20(16-9-13(23)5-7-17(16)25)15-6-4-12-3-2-8-26-19(12)21(15)29;11-8-5-1-3-7-4-2-6-10-9(7)8;8-6-1-2-7(9)5(3-6)4-10;1-10-5-2-4(7)3-9-6(5)8/h2-11,20,29H,1H3,(H,27,28);1-6,11H;1-4H;2-3H,1H3,(H2,8,9).